The van der Waals surface area contributed by atoms with E-state index in [-0.39, 0.29) is 11.3 Å². The predicted molar refractivity (Wildman–Crippen MR) is 143 cm³/mol. The second-order valence-corrected chi connectivity index (χ2v) is 15.7. The molecule has 196 valence electrons. The van der Waals surface area contributed by atoms with Crippen molar-refractivity contribution in [3.8, 4) is 11.8 Å². The molecule has 36 heavy (non-hydrogen) atoms. The Morgan fingerprint density at radius 3 is 2.58 bits per heavy atom. The molecule has 1 aromatic carbocycles. The Kier molecular flexibility index (Phi) is 9.73. The molecule has 1 aliphatic carbocycles. The third kappa shape index (κ3) is 7.64. The molecule has 1 heterocycles. The van der Waals surface area contributed by atoms with Gasteiger partial charge in [-0.05, 0) is 74.2 Å². The molecule has 0 aromatic heterocycles. The topological polar surface area (TPSA) is 74.2 Å². The van der Waals surface area contributed by atoms with E-state index in [1.54, 1.807) is 30.3 Å². The van der Waals surface area contributed by atoms with Crippen molar-refractivity contribution in [3.63, 3.8) is 0 Å². The van der Waals surface area contributed by atoms with E-state index in [0.29, 0.717) is 17.7 Å². The number of aliphatic hydroxyl groups excluding tert-OH is 1. The van der Waals surface area contributed by atoms with Gasteiger partial charge in [0.05, 0.1) is 12.2 Å². The summed E-state index contributed by atoms with van der Waals surface area (Å²) in [6, 6.07) is 8.82. The summed E-state index contributed by atoms with van der Waals surface area (Å²) in [6.45, 7) is 13.7. The van der Waals surface area contributed by atoms with E-state index in [2.05, 4.69) is 45.7 Å². The summed E-state index contributed by atoms with van der Waals surface area (Å²) in [5, 5.41) is 10.8. The van der Waals surface area contributed by atoms with E-state index in [1.165, 1.54) is 0 Å². The van der Waals surface area contributed by atoms with Gasteiger partial charge in [-0.15, -0.1) is 0 Å². The molecular formula is C29H40O6Si. The van der Waals surface area contributed by atoms with E-state index in [9.17, 15) is 9.90 Å². The van der Waals surface area contributed by atoms with Gasteiger partial charge in [0.15, 0.2) is 20.7 Å². The van der Waals surface area contributed by atoms with Crippen LogP contribution in [0.1, 0.15) is 57.3 Å². The Bertz CT molecular complexity index is 1010. The van der Waals surface area contributed by atoms with Crippen LogP contribution >= 0.6 is 0 Å². The number of esters is 1. The van der Waals surface area contributed by atoms with Crippen molar-refractivity contribution in [2.24, 2.45) is 0 Å². The Morgan fingerprint density at radius 2 is 1.94 bits per heavy atom. The summed E-state index contributed by atoms with van der Waals surface area (Å²) in [5.74, 6) is 5.76. The van der Waals surface area contributed by atoms with Crippen LogP contribution in [0, 0.1) is 11.8 Å². The Balaban J connectivity index is 1.76. The van der Waals surface area contributed by atoms with Crippen molar-refractivity contribution in [2.75, 3.05) is 13.2 Å². The maximum absolute atomic E-state index is 12.9. The molecule has 7 heteroatoms. The average molecular weight is 513 g/mol. The second-order valence-electron chi connectivity index (χ2n) is 10.9. The molecule has 4 atom stereocenters. The molecule has 0 radical (unpaired) electrons. The van der Waals surface area contributed by atoms with Gasteiger partial charge in [0.1, 0.15) is 12.2 Å². The van der Waals surface area contributed by atoms with Crippen molar-refractivity contribution in [3.05, 3.63) is 59.2 Å². The highest BCUT2D eigenvalue weighted by molar-refractivity contribution is 6.74. The quantitative estimate of drug-likeness (QED) is 0.300. The normalized spacial score (nSPS) is 25.1. The van der Waals surface area contributed by atoms with Crippen LogP contribution in [0.2, 0.25) is 18.1 Å². The lowest BCUT2D eigenvalue weighted by Gasteiger charge is -2.40. The highest BCUT2D eigenvalue weighted by Gasteiger charge is 2.47. The molecule has 0 saturated carbocycles. The van der Waals surface area contributed by atoms with E-state index >= 15 is 0 Å². The molecule has 0 bridgehead atoms. The van der Waals surface area contributed by atoms with Crippen molar-refractivity contribution in [1.82, 2.24) is 0 Å². The lowest BCUT2D eigenvalue weighted by molar-refractivity contribution is -0.155. The molecule has 3 rings (SSSR count). The predicted octanol–water partition coefficient (Wildman–Crippen LogP) is 5.40. The van der Waals surface area contributed by atoms with Crippen molar-refractivity contribution >= 4 is 14.3 Å². The fourth-order valence-electron chi connectivity index (χ4n) is 3.72. The fourth-order valence-corrected chi connectivity index (χ4v) is 5.02. The summed E-state index contributed by atoms with van der Waals surface area (Å²) in [6.07, 6.45) is 4.08. The summed E-state index contributed by atoms with van der Waals surface area (Å²) in [7, 11) is -2.27. The highest BCUT2D eigenvalue weighted by Crippen LogP contribution is 2.40. The molecule has 0 spiro atoms. The van der Waals surface area contributed by atoms with Gasteiger partial charge in [-0.3, -0.25) is 0 Å². The van der Waals surface area contributed by atoms with Gasteiger partial charge in [0.2, 0.25) is 0 Å². The first kappa shape index (κ1) is 28.4. The number of rotatable bonds is 7. The standard InChI is InChI=1S/C29H40O6Si/c1-21(17-19-33-25-14-10-11-18-32-25)15-16-23-20-24(30)27(35-36(5,6)29(2,3)4)26(23)34-28(31)22-12-8-7-9-13-22/h7-9,12-13,17,20,24-27,30H,10-11,14,18-19H2,1-6H3/b21-17-/t24-,25?,26+,27+/m1/s1. The number of carbonyl (C=O) groups excluding carboxylic acids is 1. The fraction of sp³-hybridized carbons (Fsp3) is 0.552. The lowest BCUT2D eigenvalue weighted by atomic mass is 10.1. The molecule has 6 nitrogen and oxygen atoms in total. The lowest BCUT2D eigenvalue weighted by Crippen LogP contribution is -2.50. The zero-order valence-corrected chi connectivity index (χ0v) is 23.4. The van der Waals surface area contributed by atoms with Gasteiger partial charge in [-0.2, -0.15) is 0 Å². The molecular weight excluding hydrogens is 472 g/mol. The molecule has 2 aliphatic rings. The Morgan fingerprint density at radius 1 is 1.22 bits per heavy atom. The van der Waals surface area contributed by atoms with Crippen LogP contribution in [0.3, 0.4) is 0 Å². The van der Waals surface area contributed by atoms with Crippen LogP contribution in [-0.4, -0.2) is 57.2 Å². The minimum absolute atomic E-state index is 0.0729. The highest BCUT2D eigenvalue weighted by atomic mass is 28.4. The third-order valence-electron chi connectivity index (χ3n) is 6.99. The van der Waals surface area contributed by atoms with Gasteiger partial charge in [0, 0.05) is 12.2 Å². The number of carbonyl (C=O) groups is 1. The Hall–Kier alpha value is -2.21. The molecule has 0 amide bonds. The van der Waals surface area contributed by atoms with Gasteiger partial charge >= 0.3 is 5.97 Å². The summed E-state index contributed by atoms with van der Waals surface area (Å²) in [4.78, 5) is 12.9. The second kappa shape index (κ2) is 12.4. The molecule has 1 unspecified atom stereocenters. The van der Waals surface area contributed by atoms with E-state index in [4.69, 9.17) is 18.6 Å². The number of allylic oxidation sites excluding steroid dienone is 1. The van der Waals surface area contributed by atoms with E-state index < -0.39 is 32.6 Å². The zero-order chi connectivity index (χ0) is 26.3. The minimum atomic E-state index is -2.27. The number of hydrogen-bond donors (Lipinski definition) is 1. The van der Waals surface area contributed by atoms with Crippen molar-refractivity contribution < 1.29 is 28.5 Å². The molecule has 1 fully saturated rings. The monoisotopic (exact) mass is 512 g/mol. The summed E-state index contributed by atoms with van der Waals surface area (Å²) >= 11 is 0. The van der Waals surface area contributed by atoms with Crippen LogP contribution in [0.5, 0.6) is 0 Å². The smallest absolute Gasteiger partial charge is 0.338 e. The van der Waals surface area contributed by atoms with Crippen molar-refractivity contribution in [1.29, 1.82) is 0 Å². The minimum Gasteiger partial charge on any atom is -0.450 e. The number of hydrogen-bond acceptors (Lipinski definition) is 6. The SMILES string of the molecule is C/C(C#CC1=C[C@@H](O)[C@H](O[Si](C)(C)C(C)(C)C)[C@H]1OC(=O)c1ccccc1)=C/COC1CCCCO1. The molecule has 1 saturated heterocycles. The van der Waals surface area contributed by atoms with Crippen molar-refractivity contribution in [2.45, 2.75) is 89.7 Å². The third-order valence-corrected chi connectivity index (χ3v) is 11.5. The first-order valence-electron chi connectivity index (χ1n) is 12.7. The molecule has 1 aliphatic heterocycles. The first-order valence-corrected chi connectivity index (χ1v) is 15.6. The van der Waals surface area contributed by atoms with Crippen LogP contribution in [0.15, 0.2) is 53.6 Å². The van der Waals surface area contributed by atoms with E-state index in [0.717, 1.165) is 31.4 Å². The largest absolute Gasteiger partial charge is 0.450 e. The zero-order valence-electron chi connectivity index (χ0n) is 22.4. The van der Waals surface area contributed by atoms with Gasteiger partial charge in [0.25, 0.3) is 0 Å². The van der Waals surface area contributed by atoms with E-state index in [1.807, 2.05) is 19.1 Å². The average Bonchev–Trinajstić information content (AvgIpc) is 3.11. The van der Waals surface area contributed by atoms with Crippen LogP contribution in [0.25, 0.3) is 0 Å². The van der Waals surface area contributed by atoms with Crippen LogP contribution < -0.4 is 0 Å². The number of ether oxygens (including phenoxy) is 3. The van der Waals surface area contributed by atoms with Gasteiger partial charge in [-0.1, -0.05) is 50.8 Å². The number of aliphatic hydroxyl groups is 1. The van der Waals surface area contributed by atoms with Crippen LogP contribution in [-0.2, 0) is 18.6 Å². The first-order chi connectivity index (χ1) is 17.0. The molecule has 1 N–H and O–H groups in total. The molecule has 1 aromatic rings. The summed E-state index contributed by atoms with van der Waals surface area (Å²) < 4.78 is 23.8. The van der Waals surface area contributed by atoms with Gasteiger partial charge < -0.3 is 23.7 Å². The summed E-state index contributed by atoms with van der Waals surface area (Å²) in [5.41, 5.74) is 1.80. The Labute approximate surface area is 216 Å². The van der Waals surface area contributed by atoms with Gasteiger partial charge in [-0.25, -0.2) is 4.79 Å². The maximum Gasteiger partial charge on any atom is 0.338 e. The maximum atomic E-state index is 12.9. The van der Waals surface area contributed by atoms with Crippen LogP contribution in [0.4, 0.5) is 0 Å². The number of benzene rings is 1.